The number of pyridine rings is 1. The quantitative estimate of drug-likeness (QED) is 0.639. The van der Waals surface area contributed by atoms with Crippen molar-refractivity contribution in [3.05, 3.63) is 17.8 Å². The molecule has 0 unspecified atom stereocenters. The van der Waals surface area contributed by atoms with E-state index in [1.165, 1.54) is 4.57 Å². The largest absolute Gasteiger partial charge is 0.494 e. The smallest absolute Gasteiger partial charge is 0.221 e. The summed E-state index contributed by atoms with van der Waals surface area (Å²) in [4.78, 5) is 4.03. The van der Waals surface area contributed by atoms with E-state index in [0.29, 0.717) is 10.9 Å². The molecule has 0 aliphatic rings. The van der Waals surface area contributed by atoms with E-state index < -0.39 is 0 Å². The van der Waals surface area contributed by atoms with E-state index in [2.05, 4.69) is 4.98 Å². The maximum absolute atomic E-state index is 9.57. The topological polar surface area (TPSA) is 58.3 Å². The average molecular weight is 178 g/mol. The van der Waals surface area contributed by atoms with Gasteiger partial charge in [0.2, 0.25) is 11.8 Å². The number of hydrogen-bond acceptors (Lipinski definition) is 3. The molecule has 0 radical (unpaired) electrons. The summed E-state index contributed by atoms with van der Waals surface area (Å²) >= 11 is 0. The van der Waals surface area contributed by atoms with Gasteiger partial charge in [-0.25, -0.2) is 0 Å². The van der Waals surface area contributed by atoms with E-state index in [-0.39, 0.29) is 11.8 Å². The third-order valence-electron chi connectivity index (χ3n) is 2.11. The van der Waals surface area contributed by atoms with Crippen molar-refractivity contribution in [2.75, 3.05) is 0 Å². The fraction of sp³-hybridized carbons (Fsp3) is 0.222. The number of aryl methyl sites for hydroxylation is 1. The van der Waals surface area contributed by atoms with Crippen LogP contribution in [0.2, 0.25) is 0 Å². The molecule has 2 aromatic rings. The molecule has 0 spiro atoms. The van der Waals surface area contributed by atoms with Crippen LogP contribution in [0.25, 0.3) is 10.9 Å². The number of fused-ring (bicyclic) bond motifs is 1. The Balaban J connectivity index is 2.95. The molecule has 4 nitrogen and oxygen atoms in total. The van der Waals surface area contributed by atoms with E-state index in [0.717, 1.165) is 5.56 Å². The minimum absolute atomic E-state index is 0.00694. The number of aromatic nitrogens is 2. The molecule has 0 amide bonds. The van der Waals surface area contributed by atoms with E-state index in [9.17, 15) is 10.2 Å². The lowest BCUT2D eigenvalue weighted by Gasteiger charge is -1.93. The summed E-state index contributed by atoms with van der Waals surface area (Å²) in [6.07, 6.45) is 1.65. The molecule has 0 fully saturated rings. The Labute approximate surface area is 75.1 Å². The van der Waals surface area contributed by atoms with Crippen LogP contribution in [-0.4, -0.2) is 19.8 Å². The second-order valence-corrected chi connectivity index (χ2v) is 3.12. The number of aromatic hydroxyl groups is 2. The highest BCUT2D eigenvalue weighted by atomic mass is 16.3. The van der Waals surface area contributed by atoms with Crippen LogP contribution in [0, 0.1) is 6.92 Å². The van der Waals surface area contributed by atoms with Crippen LogP contribution in [0.3, 0.4) is 0 Å². The van der Waals surface area contributed by atoms with Crippen molar-refractivity contribution in [3.8, 4) is 11.8 Å². The van der Waals surface area contributed by atoms with Gasteiger partial charge in [0.25, 0.3) is 0 Å². The number of hydrogen-bond donors (Lipinski definition) is 2. The van der Waals surface area contributed by atoms with Crippen LogP contribution >= 0.6 is 0 Å². The van der Waals surface area contributed by atoms with Gasteiger partial charge in [-0.05, 0) is 18.6 Å². The third-order valence-corrected chi connectivity index (χ3v) is 2.11. The second-order valence-electron chi connectivity index (χ2n) is 3.12. The summed E-state index contributed by atoms with van der Waals surface area (Å²) in [5.74, 6) is 0.0381. The van der Waals surface area contributed by atoms with Crippen LogP contribution in [0.15, 0.2) is 12.3 Å². The Morgan fingerprint density at radius 3 is 2.69 bits per heavy atom. The predicted molar refractivity (Wildman–Crippen MR) is 48.8 cm³/mol. The first kappa shape index (κ1) is 7.91. The highest BCUT2D eigenvalue weighted by Gasteiger charge is 2.13. The summed E-state index contributed by atoms with van der Waals surface area (Å²) in [6, 6.07) is 1.79. The lowest BCUT2D eigenvalue weighted by Crippen LogP contribution is -1.83. The van der Waals surface area contributed by atoms with Gasteiger partial charge in [-0.2, -0.15) is 0 Å². The van der Waals surface area contributed by atoms with E-state index in [1.54, 1.807) is 19.3 Å². The van der Waals surface area contributed by atoms with Gasteiger partial charge >= 0.3 is 0 Å². The standard InChI is InChI=1S/C9H10N2O2/c1-5-3-6-7(10-4-5)9(13)11(2)8(6)12/h3-4,12-13H,1-2H3. The highest BCUT2D eigenvalue weighted by Crippen LogP contribution is 2.33. The zero-order valence-electron chi connectivity index (χ0n) is 7.44. The molecule has 68 valence electrons. The molecule has 0 saturated carbocycles. The van der Waals surface area contributed by atoms with Gasteiger partial charge in [0.15, 0.2) is 0 Å². The van der Waals surface area contributed by atoms with E-state index >= 15 is 0 Å². The number of rotatable bonds is 0. The summed E-state index contributed by atoms with van der Waals surface area (Å²) in [5, 5.41) is 19.7. The van der Waals surface area contributed by atoms with Gasteiger partial charge in [0, 0.05) is 13.2 Å². The predicted octanol–water partition coefficient (Wildman–Crippen LogP) is 1.29. The highest BCUT2D eigenvalue weighted by molar-refractivity contribution is 5.89. The van der Waals surface area contributed by atoms with Crippen LogP contribution in [0.4, 0.5) is 0 Å². The van der Waals surface area contributed by atoms with Crippen molar-refractivity contribution in [3.63, 3.8) is 0 Å². The normalized spacial score (nSPS) is 10.9. The second kappa shape index (κ2) is 2.39. The summed E-state index contributed by atoms with van der Waals surface area (Å²) in [7, 11) is 1.58. The van der Waals surface area contributed by atoms with E-state index in [1.807, 2.05) is 6.92 Å². The van der Waals surface area contributed by atoms with Gasteiger partial charge in [-0.1, -0.05) is 0 Å². The fourth-order valence-electron chi connectivity index (χ4n) is 1.36. The van der Waals surface area contributed by atoms with Crippen LogP contribution < -0.4 is 0 Å². The van der Waals surface area contributed by atoms with Crippen molar-refractivity contribution in [1.82, 2.24) is 9.55 Å². The van der Waals surface area contributed by atoms with Gasteiger partial charge in [-0.15, -0.1) is 0 Å². The average Bonchev–Trinajstić information content (AvgIpc) is 2.32. The molecule has 2 N–H and O–H groups in total. The minimum Gasteiger partial charge on any atom is -0.494 e. The number of nitrogens with zero attached hydrogens (tertiary/aromatic N) is 2. The van der Waals surface area contributed by atoms with Crippen molar-refractivity contribution in [2.24, 2.45) is 7.05 Å². The molecule has 2 heterocycles. The molecule has 2 rings (SSSR count). The Morgan fingerprint density at radius 1 is 1.31 bits per heavy atom. The molecule has 0 aliphatic carbocycles. The van der Waals surface area contributed by atoms with Crippen LogP contribution in [-0.2, 0) is 7.05 Å². The Bertz CT molecular complexity index is 474. The summed E-state index contributed by atoms with van der Waals surface area (Å²) in [5.41, 5.74) is 1.39. The van der Waals surface area contributed by atoms with Crippen LogP contribution in [0.5, 0.6) is 11.8 Å². The fourth-order valence-corrected chi connectivity index (χ4v) is 1.36. The molecule has 13 heavy (non-hydrogen) atoms. The van der Waals surface area contributed by atoms with Gasteiger partial charge < -0.3 is 10.2 Å². The molecule has 0 bridgehead atoms. The van der Waals surface area contributed by atoms with Gasteiger partial charge in [-0.3, -0.25) is 9.55 Å². The molecule has 0 aromatic carbocycles. The lowest BCUT2D eigenvalue weighted by atomic mass is 10.2. The van der Waals surface area contributed by atoms with Crippen molar-refractivity contribution < 1.29 is 10.2 Å². The molecule has 2 aromatic heterocycles. The van der Waals surface area contributed by atoms with E-state index in [4.69, 9.17) is 0 Å². The van der Waals surface area contributed by atoms with Crippen molar-refractivity contribution in [2.45, 2.75) is 6.92 Å². The minimum atomic E-state index is -0.00694. The molecular formula is C9H10N2O2. The zero-order valence-corrected chi connectivity index (χ0v) is 7.44. The zero-order chi connectivity index (χ0) is 9.59. The monoisotopic (exact) mass is 178 g/mol. The maximum Gasteiger partial charge on any atom is 0.221 e. The molecule has 0 aliphatic heterocycles. The molecular weight excluding hydrogens is 168 g/mol. The first-order valence-electron chi connectivity index (χ1n) is 3.94. The summed E-state index contributed by atoms with van der Waals surface area (Å²) < 4.78 is 1.30. The lowest BCUT2D eigenvalue weighted by molar-refractivity contribution is 0.390. The molecule has 0 atom stereocenters. The molecule has 0 saturated heterocycles. The van der Waals surface area contributed by atoms with Gasteiger partial charge in [0.1, 0.15) is 5.52 Å². The first-order chi connectivity index (χ1) is 6.11. The first-order valence-corrected chi connectivity index (χ1v) is 3.94. The third kappa shape index (κ3) is 0.950. The summed E-state index contributed by atoms with van der Waals surface area (Å²) in [6.45, 7) is 1.88. The Hall–Kier alpha value is -1.71. The van der Waals surface area contributed by atoms with Crippen molar-refractivity contribution >= 4 is 10.9 Å². The van der Waals surface area contributed by atoms with Crippen molar-refractivity contribution in [1.29, 1.82) is 0 Å². The van der Waals surface area contributed by atoms with Gasteiger partial charge in [0.05, 0.1) is 5.39 Å². The Morgan fingerprint density at radius 2 is 2.00 bits per heavy atom. The van der Waals surface area contributed by atoms with Crippen LogP contribution in [0.1, 0.15) is 5.56 Å². The SMILES string of the molecule is Cc1cnc2c(O)n(C)c(O)c2c1. The Kier molecular flexibility index (Phi) is 1.45. The molecule has 4 heteroatoms. The maximum atomic E-state index is 9.57.